The molecule has 1 amide bonds. The normalized spacial score (nSPS) is 18.8. The molecule has 0 aliphatic heterocycles. The fourth-order valence-electron chi connectivity index (χ4n) is 3.23. The van der Waals surface area contributed by atoms with E-state index in [0.717, 1.165) is 29.0 Å². The van der Waals surface area contributed by atoms with Gasteiger partial charge in [-0.25, -0.2) is 0 Å². The van der Waals surface area contributed by atoms with Gasteiger partial charge in [-0.15, -0.1) is 0 Å². The van der Waals surface area contributed by atoms with Gasteiger partial charge >= 0.3 is 0 Å². The molecular formula is C20H23NO3. The molecule has 1 aliphatic rings. The summed E-state index contributed by atoms with van der Waals surface area (Å²) in [5.74, 6) is 2.16. The van der Waals surface area contributed by atoms with Crippen molar-refractivity contribution in [3.8, 4) is 11.5 Å². The van der Waals surface area contributed by atoms with E-state index in [0.29, 0.717) is 6.54 Å². The van der Waals surface area contributed by atoms with Gasteiger partial charge in [0.15, 0.2) is 0 Å². The second kappa shape index (κ2) is 6.95. The van der Waals surface area contributed by atoms with Crippen LogP contribution in [0, 0.1) is 5.92 Å². The average molecular weight is 325 g/mol. The minimum absolute atomic E-state index is 0.0426. The first kappa shape index (κ1) is 16.4. The molecule has 3 rings (SSSR count). The van der Waals surface area contributed by atoms with Crippen LogP contribution in [0.15, 0.2) is 48.5 Å². The molecule has 2 aromatic carbocycles. The molecule has 0 aromatic heterocycles. The number of benzene rings is 2. The molecule has 1 saturated carbocycles. The van der Waals surface area contributed by atoms with E-state index < -0.39 is 0 Å². The summed E-state index contributed by atoms with van der Waals surface area (Å²) < 4.78 is 10.8. The van der Waals surface area contributed by atoms with Crippen LogP contribution in [-0.4, -0.2) is 32.1 Å². The van der Waals surface area contributed by atoms with Crippen LogP contribution in [0.5, 0.6) is 11.5 Å². The Labute approximate surface area is 143 Å². The Balaban J connectivity index is 1.67. The van der Waals surface area contributed by atoms with Crippen LogP contribution in [0.25, 0.3) is 0 Å². The van der Waals surface area contributed by atoms with Gasteiger partial charge in [0, 0.05) is 25.1 Å². The lowest BCUT2D eigenvalue weighted by atomic mass is 10.1. The first-order valence-electron chi connectivity index (χ1n) is 8.15. The molecule has 0 unspecified atom stereocenters. The van der Waals surface area contributed by atoms with Gasteiger partial charge in [0.1, 0.15) is 11.5 Å². The lowest BCUT2D eigenvalue weighted by Gasteiger charge is -2.19. The van der Waals surface area contributed by atoms with Gasteiger partial charge in [0.05, 0.1) is 14.2 Å². The number of amides is 1. The van der Waals surface area contributed by atoms with E-state index >= 15 is 0 Å². The lowest BCUT2D eigenvalue weighted by molar-refractivity contribution is -0.131. The zero-order valence-corrected chi connectivity index (χ0v) is 14.4. The standard InChI is InChI=1S/C20H23NO3/c1-21(13-14-8-4-6-10-18(14)23-2)20(22)17-12-16(17)15-9-5-7-11-19(15)24-3/h4-11,16-17H,12-13H2,1-3H3/t16-,17+/m1/s1. The highest BCUT2D eigenvalue weighted by Gasteiger charge is 2.46. The van der Waals surface area contributed by atoms with Crippen molar-refractivity contribution in [3.05, 3.63) is 59.7 Å². The molecule has 0 N–H and O–H groups in total. The first-order valence-corrected chi connectivity index (χ1v) is 8.15. The third kappa shape index (κ3) is 3.23. The number of methoxy groups -OCH3 is 2. The summed E-state index contributed by atoms with van der Waals surface area (Å²) in [7, 11) is 5.18. The van der Waals surface area contributed by atoms with Gasteiger partial charge < -0.3 is 14.4 Å². The predicted molar refractivity (Wildman–Crippen MR) is 93.3 cm³/mol. The molecule has 0 radical (unpaired) electrons. The van der Waals surface area contributed by atoms with Crippen molar-refractivity contribution in [2.24, 2.45) is 5.92 Å². The zero-order chi connectivity index (χ0) is 17.1. The van der Waals surface area contributed by atoms with Gasteiger partial charge in [-0.1, -0.05) is 36.4 Å². The summed E-state index contributed by atoms with van der Waals surface area (Å²) in [5.41, 5.74) is 2.15. The lowest BCUT2D eigenvalue weighted by Crippen LogP contribution is -2.28. The Hall–Kier alpha value is -2.49. The predicted octanol–water partition coefficient (Wildman–Crippen LogP) is 3.47. The highest BCUT2D eigenvalue weighted by Crippen LogP contribution is 2.51. The molecule has 2 atom stereocenters. The van der Waals surface area contributed by atoms with Crippen molar-refractivity contribution in [2.75, 3.05) is 21.3 Å². The molecule has 126 valence electrons. The number of hydrogen-bond acceptors (Lipinski definition) is 3. The van der Waals surface area contributed by atoms with Crippen molar-refractivity contribution >= 4 is 5.91 Å². The van der Waals surface area contributed by atoms with Gasteiger partial charge in [0.2, 0.25) is 5.91 Å². The Morgan fingerprint density at radius 1 is 1.04 bits per heavy atom. The number of rotatable bonds is 6. The molecule has 0 spiro atoms. The average Bonchev–Trinajstić information content (AvgIpc) is 3.42. The van der Waals surface area contributed by atoms with Crippen molar-refractivity contribution in [2.45, 2.75) is 18.9 Å². The second-order valence-electron chi connectivity index (χ2n) is 6.20. The third-order valence-electron chi connectivity index (χ3n) is 4.62. The molecule has 4 heteroatoms. The summed E-state index contributed by atoms with van der Waals surface area (Å²) in [6, 6.07) is 15.8. The van der Waals surface area contributed by atoms with Crippen molar-refractivity contribution in [1.29, 1.82) is 0 Å². The fraction of sp³-hybridized carbons (Fsp3) is 0.350. The fourth-order valence-corrected chi connectivity index (χ4v) is 3.23. The maximum absolute atomic E-state index is 12.7. The monoisotopic (exact) mass is 325 g/mol. The molecule has 4 nitrogen and oxygen atoms in total. The van der Waals surface area contributed by atoms with Gasteiger partial charge in [-0.3, -0.25) is 4.79 Å². The highest BCUT2D eigenvalue weighted by molar-refractivity contribution is 5.83. The molecule has 1 aliphatic carbocycles. The van der Waals surface area contributed by atoms with Crippen LogP contribution in [0.3, 0.4) is 0 Å². The van der Waals surface area contributed by atoms with Crippen LogP contribution in [0.2, 0.25) is 0 Å². The molecule has 2 aromatic rings. The molecule has 1 fully saturated rings. The second-order valence-corrected chi connectivity index (χ2v) is 6.20. The Morgan fingerprint density at radius 2 is 1.67 bits per heavy atom. The molecule has 0 bridgehead atoms. The maximum atomic E-state index is 12.7. The number of hydrogen-bond donors (Lipinski definition) is 0. The topological polar surface area (TPSA) is 38.8 Å². The van der Waals surface area contributed by atoms with E-state index in [1.165, 1.54) is 0 Å². The molecule has 24 heavy (non-hydrogen) atoms. The van der Waals surface area contributed by atoms with Gasteiger partial charge in [-0.05, 0) is 30.0 Å². The maximum Gasteiger partial charge on any atom is 0.226 e. The molecule has 0 heterocycles. The number of ether oxygens (including phenoxy) is 2. The quantitative estimate of drug-likeness (QED) is 0.816. The minimum Gasteiger partial charge on any atom is -0.496 e. The number of para-hydroxylation sites is 2. The molecular weight excluding hydrogens is 302 g/mol. The van der Waals surface area contributed by atoms with E-state index in [-0.39, 0.29) is 17.7 Å². The minimum atomic E-state index is 0.0426. The van der Waals surface area contributed by atoms with Gasteiger partial charge in [-0.2, -0.15) is 0 Å². The number of nitrogens with zero attached hydrogens (tertiary/aromatic N) is 1. The van der Waals surface area contributed by atoms with Crippen LogP contribution in [0.1, 0.15) is 23.5 Å². The Kier molecular flexibility index (Phi) is 4.74. The van der Waals surface area contributed by atoms with Crippen molar-refractivity contribution in [1.82, 2.24) is 4.90 Å². The SMILES string of the molecule is COc1ccccc1CN(C)C(=O)[C@H]1C[C@@H]1c1ccccc1OC. The van der Waals surface area contributed by atoms with Crippen LogP contribution >= 0.6 is 0 Å². The van der Waals surface area contributed by atoms with E-state index in [2.05, 4.69) is 6.07 Å². The van der Waals surface area contributed by atoms with E-state index in [1.807, 2.05) is 49.5 Å². The number of carbonyl (C=O) groups is 1. The van der Waals surface area contributed by atoms with Gasteiger partial charge in [0.25, 0.3) is 0 Å². The van der Waals surface area contributed by atoms with Crippen molar-refractivity contribution in [3.63, 3.8) is 0 Å². The van der Waals surface area contributed by atoms with E-state index in [4.69, 9.17) is 9.47 Å². The highest BCUT2D eigenvalue weighted by atomic mass is 16.5. The van der Waals surface area contributed by atoms with E-state index in [9.17, 15) is 4.79 Å². The van der Waals surface area contributed by atoms with Crippen LogP contribution in [-0.2, 0) is 11.3 Å². The Bertz CT molecular complexity index is 724. The summed E-state index contributed by atoms with van der Waals surface area (Å²) in [6.07, 6.45) is 0.884. The van der Waals surface area contributed by atoms with Crippen molar-refractivity contribution < 1.29 is 14.3 Å². The largest absolute Gasteiger partial charge is 0.496 e. The summed E-state index contributed by atoms with van der Waals surface area (Å²) in [4.78, 5) is 14.5. The smallest absolute Gasteiger partial charge is 0.226 e. The summed E-state index contributed by atoms with van der Waals surface area (Å²) in [5, 5.41) is 0. The Morgan fingerprint density at radius 3 is 2.38 bits per heavy atom. The summed E-state index contributed by atoms with van der Waals surface area (Å²) in [6.45, 7) is 0.554. The van der Waals surface area contributed by atoms with Crippen LogP contribution in [0.4, 0.5) is 0 Å². The first-order chi connectivity index (χ1) is 11.7. The number of carbonyl (C=O) groups excluding carboxylic acids is 1. The summed E-state index contributed by atoms with van der Waals surface area (Å²) >= 11 is 0. The third-order valence-corrected chi connectivity index (χ3v) is 4.62. The zero-order valence-electron chi connectivity index (χ0n) is 14.4. The van der Waals surface area contributed by atoms with E-state index in [1.54, 1.807) is 19.1 Å². The van der Waals surface area contributed by atoms with Crippen LogP contribution < -0.4 is 9.47 Å². The molecule has 0 saturated heterocycles.